The maximum atomic E-state index is 13.2. The predicted molar refractivity (Wildman–Crippen MR) is 57.0 cm³/mol. The monoisotopic (exact) mass is 299 g/mol. The minimum atomic E-state index is -5.75. The molecule has 1 aliphatic rings. The number of hydrogen-bond donors (Lipinski definition) is 1. The van der Waals surface area contributed by atoms with Crippen molar-refractivity contribution in [3.63, 3.8) is 0 Å². The number of ether oxygens (including phenoxy) is 3. The Bertz CT molecular complexity index is 518. The third-order valence-corrected chi connectivity index (χ3v) is 2.81. The minimum absolute atomic E-state index is 0.00720. The van der Waals surface area contributed by atoms with E-state index in [1.165, 1.54) is 7.11 Å². The molecule has 4 nitrogen and oxygen atoms in total. The summed E-state index contributed by atoms with van der Waals surface area (Å²) in [6.07, 6.45) is -5.75. The molecule has 0 bridgehead atoms. The average molecular weight is 299 g/mol. The van der Waals surface area contributed by atoms with E-state index in [-0.39, 0.29) is 24.0 Å². The fraction of sp³-hybridized carbons (Fsp3) is 0.455. The smallest absolute Gasteiger partial charge is 0.455 e. The van der Waals surface area contributed by atoms with Crippen LogP contribution in [0.4, 0.5) is 22.0 Å². The molecule has 0 saturated heterocycles. The Hall–Kier alpha value is -1.77. The lowest BCUT2D eigenvalue weighted by Gasteiger charge is -2.26. The van der Waals surface area contributed by atoms with Gasteiger partial charge in [0.25, 0.3) is 0 Å². The quantitative estimate of drug-likeness (QED) is 0.872. The predicted octanol–water partition coefficient (Wildman–Crippen LogP) is 2.62. The van der Waals surface area contributed by atoms with Gasteiger partial charge in [-0.15, -0.1) is 0 Å². The third-order valence-electron chi connectivity index (χ3n) is 2.81. The first kappa shape index (κ1) is 14.6. The molecule has 0 unspecified atom stereocenters. The summed E-state index contributed by atoms with van der Waals surface area (Å²) in [4.78, 5) is 0. The molecule has 0 saturated carbocycles. The molecule has 0 aromatic heterocycles. The van der Waals surface area contributed by atoms with E-state index in [1.54, 1.807) is 0 Å². The van der Waals surface area contributed by atoms with Crippen LogP contribution in [-0.4, -0.2) is 26.0 Å². The summed E-state index contributed by atoms with van der Waals surface area (Å²) in [5, 5.41) is 0. The fourth-order valence-electron chi connectivity index (χ4n) is 1.72. The Labute approximate surface area is 110 Å². The maximum absolute atomic E-state index is 13.2. The van der Waals surface area contributed by atoms with Crippen molar-refractivity contribution >= 4 is 0 Å². The van der Waals surface area contributed by atoms with Crippen molar-refractivity contribution in [1.29, 1.82) is 0 Å². The lowest BCUT2D eigenvalue weighted by atomic mass is 10.00. The summed E-state index contributed by atoms with van der Waals surface area (Å²) >= 11 is 0. The van der Waals surface area contributed by atoms with Gasteiger partial charge in [0.05, 0.1) is 7.11 Å². The van der Waals surface area contributed by atoms with E-state index < -0.39 is 23.7 Å². The molecule has 112 valence electrons. The molecule has 0 aliphatic carbocycles. The summed E-state index contributed by atoms with van der Waals surface area (Å²) < 4.78 is 78.2. The first-order valence-corrected chi connectivity index (χ1v) is 5.36. The van der Waals surface area contributed by atoms with Gasteiger partial charge in [0, 0.05) is 0 Å². The molecular formula is C11H10F5NO3. The van der Waals surface area contributed by atoms with Gasteiger partial charge in [-0.05, 0) is 17.7 Å². The molecule has 2 rings (SSSR count). The summed E-state index contributed by atoms with van der Waals surface area (Å²) in [5.74, 6) is -4.96. The van der Waals surface area contributed by atoms with Gasteiger partial charge in [-0.2, -0.15) is 22.0 Å². The van der Waals surface area contributed by atoms with Crippen LogP contribution in [0.2, 0.25) is 0 Å². The number of fused-ring (bicyclic) bond motifs is 1. The number of rotatable bonds is 3. The van der Waals surface area contributed by atoms with E-state index >= 15 is 0 Å². The Morgan fingerprint density at radius 2 is 1.85 bits per heavy atom. The van der Waals surface area contributed by atoms with E-state index in [9.17, 15) is 22.0 Å². The number of halogens is 5. The second kappa shape index (κ2) is 4.65. The molecule has 1 atom stereocenters. The number of nitrogens with two attached hydrogens (primary N) is 1. The Morgan fingerprint density at radius 1 is 1.20 bits per heavy atom. The molecule has 0 fully saturated rings. The van der Waals surface area contributed by atoms with Crippen LogP contribution in [0.3, 0.4) is 0 Å². The van der Waals surface area contributed by atoms with Crippen molar-refractivity contribution < 1.29 is 36.2 Å². The zero-order valence-electron chi connectivity index (χ0n) is 10.1. The molecule has 2 N–H and O–H groups in total. The Morgan fingerprint density at radius 3 is 2.40 bits per heavy atom. The average Bonchev–Trinajstić information content (AvgIpc) is 2.83. The van der Waals surface area contributed by atoms with Gasteiger partial charge in [0.15, 0.2) is 11.5 Å². The molecule has 20 heavy (non-hydrogen) atoms. The van der Waals surface area contributed by atoms with Crippen molar-refractivity contribution in [1.82, 2.24) is 0 Å². The van der Waals surface area contributed by atoms with E-state index in [0.717, 1.165) is 12.1 Å². The summed E-state index contributed by atoms with van der Waals surface area (Å²) in [5.41, 5.74) is 4.59. The van der Waals surface area contributed by atoms with Gasteiger partial charge in [0.2, 0.25) is 12.5 Å². The lowest BCUT2D eigenvalue weighted by molar-refractivity contribution is -0.291. The maximum Gasteiger partial charge on any atom is 0.455 e. The van der Waals surface area contributed by atoms with Crippen LogP contribution < -0.4 is 19.9 Å². The van der Waals surface area contributed by atoms with Crippen LogP contribution in [0.1, 0.15) is 11.6 Å². The zero-order chi connectivity index (χ0) is 15.1. The highest BCUT2D eigenvalue weighted by atomic mass is 19.4. The van der Waals surface area contributed by atoms with E-state index in [1.807, 2.05) is 0 Å². The van der Waals surface area contributed by atoms with Gasteiger partial charge >= 0.3 is 12.1 Å². The number of hydrogen-bond acceptors (Lipinski definition) is 4. The molecule has 9 heteroatoms. The highest BCUT2D eigenvalue weighted by Crippen LogP contribution is 2.48. The van der Waals surface area contributed by atoms with E-state index in [4.69, 9.17) is 19.9 Å². The van der Waals surface area contributed by atoms with Crippen LogP contribution in [0.5, 0.6) is 17.2 Å². The molecule has 1 aromatic carbocycles. The van der Waals surface area contributed by atoms with E-state index in [0.29, 0.717) is 0 Å². The van der Waals surface area contributed by atoms with Gasteiger partial charge in [-0.3, -0.25) is 0 Å². The Balaban J connectivity index is 2.44. The molecule has 0 radical (unpaired) electrons. The van der Waals surface area contributed by atoms with Gasteiger partial charge in [-0.1, -0.05) is 0 Å². The van der Waals surface area contributed by atoms with Crippen LogP contribution in [0, 0.1) is 0 Å². The largest absolute Gasteiger partial charge is 0.493 e. The molecule has 1 aromatic rings. The van der Waals surface area contributed by atoms with Gasteiger partial charge < -0.3 is 19.9 Å². The topological polar surface area (TPSA) is 53.7 Å². The number of alkyl halides is 5. The molecule has 0 spiro atoms. The second-order valence-electron chi connectivity index (χ2n) is 4.06. The van der Waals surface area contributed by atoms with Crippen molar-refractivity contribution in [3.05, 3.63) is 17.7 Å². The summed E-state index contributed by atoms with van der Waals surface area (Å²) in [6, 6.07) is -0.626. The van der Waals surface area contributed by atoms with Crippen molar-refractivity contribution in [2.24, 2.45) is 5.73 Å². The second-order valence-corrected chi connectivity index (χ2v) is 4.06. The lowest BCUT2D eigenvalue weighted by Crippen LogP contribution is -2.45. The van der Waals surface area contributed by atoms with Gasteiger partial charge in [-0.25, -0.2) is 0 Å². The fourth-order valence-corrected chi connectivity index (χ4v) is 1.72. The molecule has 0 amide bonds. The van der Waals surface area contributed by atoms with E-state index in [2.05, 4.69) is 0 Å². The number of methoxy groups -OCH3 is 1. The van der Waals surface area contributed by atoms with Crippen LogP contribution in [-0.2, 0) is 0 Å². The summed E-state index contributed by atoms with van der Waals surface area (Å²) in [6.45, 7) is -0.181. The van der Waals surface area contributed by atoms with Crippen molar-refractivity contribution in [3.8, 4) is 17.2 Å². The Kier molecular flexibility index (Phi) is 3.41. The van der Waals surface area contributed by atoms with Crippen molar-refractivity contribution in [2.75, 3.05) is 13.9 Å². The van der Waals surface area contributed by atoms with Crippen LogP contribution in [0.25, 0.3) is 0 Å². The third kappa shape index (κ3) is 2.21. The molecule has 1 aliphatic heterocycles. The normalized spacial score (nSPS) is 16.1. The minimum Gasteiger partial charge on any atom is -0.493 e. The standard InChI is InChI=1S/C11H10F5NO3/c1-18-6-2-5(3-7-8(6)20-4-19-7)9(17)10(12,13)11(14,15)16/h2-3,9H,4,17H2,1H3/t9-/m1/s1. The zero-order valence-corrected chi connectivity index (χ0v) is 10.1. The number of benzene rings is 1. The van der Waals surface area contributed by atoms with Crippen LogP contribution >= 0.6 is 0 Å². The van der Waals surface area contributed by atoms with Crippen molar-refractivity contribution in [2.45, 2.75) is 18.1 Å². The first-order chi connectivity index (χ1) is 9.18. The van der Waals surface area contributed by atoms with Crippen LogP contribution in [0.15, 0.2) is 12.1 Å². The van der Waals surface area contributed by atoms with Gasteiger partial charge in [0.1, 0.15) is 6.04 Å². The summed E-state index contributed by atoms with van der Waals surface area (Å²) in [7, 11) is 1.22. The SMILES string of the molecule is COc1cc([C@@H](N)C(F)(F)C(F)(F)F)cc2c1OCO2. The highest BCUT2D eigenvalue weighted by Gasteiger charge is 2.61. The first-order valence-electron chi connectivity index (χ1n) is 5.36. The molecular weight excluding hydrogens is 289 g/mol. The molecule has 1 heterocycles. The highest BCUT2D eigenvalue weighted by molar-refractivity contribution is 5.55.